The lowest BCUT2D eigenvalue weighted by Gasteiger charge is -2.33. The zero-order chi connectivity index (χ0) is 20.2. The Bertz CT molecular complexity index is 1050. The Morgan fingerprint density at radius 1 is 1.29 bits per heavy atom. The summed E-state index contributed by atoms with van der Waals surface area (Å²) in [5, 5.41) is 0. The Hall–Kier alpha value is -3.22. The van der Waals surface area contributed by atoms with Gasteiger partial charge in [0.25, 0.3) is 5.91 Å². The van der Waals surface area contributed by atoms with Crippen molar-refractivity contribution in [1.29, 1.82) is 0 Å². The van der Waals surface area contributed by atoms with Crippen LogP contribution in [0.1, 0.15) is 31.1 Å². The van der Waals surface area contributed by atoms with Crippen molar-refractivity contribution in [3.63, 3.8) is 0 Å². The number of aliphatic imine (C=N–C) groups is 1. The standard InChI is InChI=1S/C21H24N5O2/c1-6-15-9-7-8-10-16(15)26-14(4)12-24-17-18(22-20(24)26)23(5)21(28)25(19(17)27)11-13(2)3/h7-10,12,17H,2,6,11H2,1,3-5H3/q+1. The number of nitrogens with zero attached hydrogens (tertiary/aromatic N) is 5. The molecule has 28 heavy (non-hydrogen) atoms. The number of amides is 3. The van der Waals surface area contributed by atoms with Gasteiger partial charge in [0.15, 0.2) is 0 Å². The van der Waals surface area contributed by atoms with Gasteiger partial charge in [-0.15, -0.1) is 0 Å². The van der Waals surface area contributed by atoms with E-state index in [9.17, 15) is 9.59 Å². The Morgan fingerprint density at radius 2 is 2.00 bits per heavy atom. The Labute approximate surface area is 164 Å². The number of benzene rings is 1. The van der Waals surface area contributed by atoms with E-state index < -0.39 is 6.04 Å². The van der Waals surface area contributed by atoms with Crippen molar-refractivity contribution in [2.75, 3.05) is 13.6 Å². The van der Waals surface area contributed by atoms with Gasteiger partial charge in [-0.05, 0) is 31.9 Å². The number of carbonyl (C=O) groups excluding carboxylic acids is 2. The van der Waals surface area contributed by atoms with Crippen molar-refractivity contribution in [2.45, 2.75) is 33.2 Å². The molecule has 1 atom stereocenters. The summed E-state index contributed by atoms with van der Waals surface area (Å²) < 4.78 is 3.92. The summed E-state index contributed by atoms with van der Waals surface area (Å²) in [5.74, 6) is 0.851. The first kappa shape index (κ1) is 18.2. The van der Waals surface area contributed by atoms with Crippen molar-refractivity contribution in [3.8, 4) is 5.69 Å². The topological polar surface area (TPSA) is 61.8 Å². The van der Waals surface area contributed by atoms with Gasteiger partial charge in [-0.25, -0.2) is 9.36 Å². The van der Waals surface area contributed by atoms with E-state index >= 15 is 0 Å². The molecule has 0 N–H and O–H groups in total. The molecule has 1 fully saturated rings. The molecule has 2 aliphatic rings. The van der Waals surface area contributed by atoms with Crippen LogP contribution in [0.25, 0.3) is 5.69 Å². The maximum Gasteiger partial charge on any atom is 0.406 e. The van der Waals surface area contributed by atoms with Crippen LogP contribution in [-0.2, 0) is 11.2 Å². The lowest BCUT2D eigenvalue weighted by molar-refractivity contribution is -0.676. The van der Waals surface area contributed by atoms with Crippen LogP contribution >= 0.6 is 0 Å². The SMILES string of the molecule is C=C(C)CN1C(=O)C2C(=Nc3n(-c4ccccc4CC)c(C)c[n+]32)N(C)C1=O. The van der Waals surface area contributed by atoms with E-state index in [1.54, 1.807) is 14.0 Å². The minimum atomic E-state index is -0.634. The number of hydrogen-bond donors (Lipinski definition) is 0. The number of fused-ring (bicyclic) bond motifs is 3. The molecule has 144 valence electrons. The molecule has 0 bridgehead atoms. The van der Waals surface area contributed by atoms with E-state index in [1.807, 2.05) is 29.8 Å². The third kappa shape index (κ3) is 2.50. The molecule has 2 aliphatic heterocycles. The third-order valence-electron chi connectivity index (χ3n) is 5.25. The summed E-state index contributed by atoms with van der Waals surface area (Å²) in [6.45, 7) is 9.97. The quantitative estimate of drug-likeness (QED) is 0.607. The molecule has 0 spiro atoms. The van der Waals surface area contributed by atoms with Crippen LogP contribution in [0.4, 0.5) is 10.7 Å². The Balaban J connectivity index is 1.87. The second kappa shape index (κ2) is 6.44. The first-order valence-electron chi connectivity index (χ1n) is 9.39. The molecule has 1 unspecified atom stereocenters. The first-order chi connectivity index (χ1) is 13.3. The van der Waals surface area contributed by atoms with Gasteiger partial charge < -0.3 is 0 Å². The average molecular weight is 378 g/mol. The lowest BCUT2D eigenvalue weighted by atomic mass is 10.1. The largest absolute Gasteiger partial charge is 0.406 e. The van der Waals surface area contributed by atoms with Crippen molar-refractivity contribution in [1.82, 2.24) is 14.4 Å². The van der Waals surface area contributed by atoms with E-state index in [0.29, 0.717) is 11.8 Å². The van der Waals surface area contributed by atoms with Gasteiger partial charge in [-0.2, -0.15) is 4.57 Å². The number of imidazole rings is 1. The second-order valence-electron chi connectivity index (χ2n) is 7.39. The number of aromatic nitrogens is 2. The molecule has 0 aliphatic carbocycles. The van der Waals surface area contributed by atoms with Crippen LogP contribution in [-0.4, -0.2) is 45.7 Å². The van der Waals surface area contributed by atoms with Gasteiger partial charge in [-0.3, -0.25) is 14.6 Å². The first-order valence-corrected chi connectivity index (χ1v) is 9.39. The molecule has 7 nitrogen and oxygen atoms in total. The van der Waals surface area contributed by atoms with Gasteiger partial charge in [-0.1, -0.05) is 42.3 Å². The molecule has 0 radical (unpaired) electrons. The zero-order valence-corrected chi connectivity index (χ0v) is 16.6. The van der Waals surface area contributed by atoms with Gasteiger partial charge in [0.1, 0.15) is 17.6 Å². The number of hydrogen-bond acceptors (Lipinski definition) is 3. The average Bonchev–Trinajstić information content (AvgIpc) is 3.17. The third-order valence-corrected chi connectivity index (χ3v) is 5.25. The monoisotopic (exact) mass is 378 g/mol. The van der Waals surface area contributed by atoms with Crippen molar-refractivity contribution < 1.29 is 14.2 Å². The predicted octanol–water partition coefficient (Wildman–Crippen LogP) is 2.69. The molecule has 7 heteroatoms. The van der Waals surface area contributed by atoms with E-state index in [4.69, 9.17) is 4.99 Å². The maximum atomic E-state index is 13.2. The summed E-state index contributed by atoms with van der Waals surface area (Å²) in [4.78, 5) is 33.3. The summed E-state index contributed by atoms with van der Waals surface area (Å²) in [7, 11) is 1.66. The molecule has 2 aromatic rings. The summed E-state index contributed by atoms with van der Waals surface area (Å²) in [6.07, 6.45) is 2.82. The van der Waals surface area contributed by atoms with Gasteiger partial charge in [0, 0.05) is 7.05 Å². The minimum absolute atomic E-state index is 0.208. The fourth-order valence-corrected chi connectivity index (χ4v) is 3.93. The van der Waals surface area contributed by atoms with Crippen LogP contribution in [0.15, 0.2) is 47.6 Å². The van der Waals surface area contributed by atoms with E-state index in [1.165, 1.54) is 15.4 Å². The number of likely N-dealkylation sites (N-methyl/N-ethyl adjacent to an activating group) is 1. The van der Waals surface area contributed by atoms with Gasteiger partial charge >= 0.3 is 12.0 Å². The van der Waals surface area contributed by atoms with Gasteiger partial charge in [0.05, 0.1) is 6.54 Å². The molecule has 4 rings (SSSR count). The van der Waals surface area contributed by atoms with Crippen LogP contribution in [0.2, 0.25) is 0 Å². The van der Waals surface area contributed by atoms with E-state index in [-0.39, 0.29) is 18.5 Å². The van der Waals surface area contributed by atoms with Gasteiger partial charge in [0.2, 0.25) is 11.9 Å². The fourth-order valence-electron chi connectivity index (χ4n) is 3.93. The molecule has 1 saturated heterocycles. The Kier molecular flexibility index (Phi) is 4.18. The van der Waals surface area contributed by atoms with Crippen LogP contribution < -0.4 is 4.57 Å². The lowest BCUT2D eigenvalue weighted by Crippen LogP contribution is -2.62. The Morgan fingerprint density at radius 3 is 2.68 bits per heavy atom. The van der Waals surface area contributed by atoms with Crippen LogP contribution in [0, 0.1) is 6.92 Å². The molecule has 0 saturated carbocycles. The number of para-hydroxylation sites is 1. The zero-order valence-electron chi connectivity index (χ0n) is 16.6. The number of urea groups is 1. The van der Waals surface area contributed by atoms with E-state index in [0.717, 1.165) is 23.4 Å². The predicted molar refractivity (Wildman–Crippen MR) is 106 cm³/mol. The smallest absolute Gasteiger partial charge is 0.270 e. The highest BCUT2D eigenvalue weighted by Crippen LogP contribution is 2.32. The highest BCUT2D eigenvalue weighted by molar-refractivity contribution is 6.19. The normalized spacial score (nSPS) is 18.3. The highest BCUT2D eigenvalue weighted by Gasteiger charge is 2.53. The second-order valence-corrected chi connectivity index (χ2v) is 7.39. The fraction of sp³-hybridized carbons (Fsp3) is 0.333. The van der Waals surface area contributed by atoms with E-state index in [2.05, 4.69) is 30.2 Å². The van der Waals surface area contributed by atoms with Crippen LogP contribution in [0.3, 0.4) is 0 Å². The molecular formula is C21H24N5O2+. The maximum absolute atomic E-state index is 13.2. The number of rotatable bonds is 4. The number of aryl methyl sites for hydroxylation is 2. The molecule has 3 heterocycles. The highest BCUT2D eigenvalue weighted by atomic mass is 16.2. The number of carbonyl (C=O) groups is 2. The van der Waals surface area contributed by atoms with Crippen molar-refractivity contribution in [3.05, 3.63) is 53.9 Å². The number of imide groups is 1. The van der Waals surface area contributed by atoms with Crippen LogP contribution in [0.5, 0.6) is 0 Å². The van der Waals surface area contributed by atoms with Crippen molar-refractivity contribution >= 4 is 23.7 Å². The summed E-state index contributed by atoms with van der Waals surface area (Å²) in [5.41, 5.74) is 3.97. The molecule has 1 aromatic carbocycles. The number of amidine groups is 1. The molecular weight excluding hydrogens is 354 g/mol. The van der Waals surface area contributed by atoms with Crippen molar-refractivity contribution in [2.24, 2.45) is 4.99 Å². The molecule has 3 amide bonds. The summed E-state index contributed by atoms with van der Waals surface area (Å²) in [6, 6.07) is 7.16. The summed E-state index contributed by atoms with van der Waals surface area (Å²) >= 11 is 0. The minimum Gasteiger partial charge on any atom is -0.270 e. The molecule has 1 aromatic heterocycles.